The number of ether oxygens (including phenoxy) is 1. The molecular formula is C24H24N2O3. The van der Waals surface area contributed by atoms with Crippen molar-refractivity contribution >= 4 is 23.2 Å². The van der Waals surface area contributed by atoms with Gasteiger partial charge in [-0.2, -0.15) is 0 Å². The third-order valence-electron chi connectivity index (χ3n) is 4.09. The van der Waals surface area contributed by atoms with Crippen LogP contribution in [0.1, 0.15) is 34.6 Å². The van der Waals surface area contributed by atoms with Crippen molar-refractivity contribution in [3.05, 3.63) is 90.0 Å². The minimum absolute atomic E-state index is 0.205. The average Bonchev–Trinajstić information content (AvgIpc) is 2.73. The van der Waals surface area contributed by atoms with E-state index in [9.17, 15) is 9.59 Å². The van der Waals surface area contributed by atoms with Crippen LogP contribution in [0.4, 0.5) is 11.4 Å². The van der Waals surface area contributed by atoms with Gasteiger partial charge in [0.05, 0.1) is 6.61 Å². The summed E-state index contributed by atoms with van der Waals surface area (Å²) in [5, 5.41) is 5.70. The van der Waals surface area contributed by atoms with Gasteiger partial charge in [-0.15, -0.1) is 0 Å². The van der Waals surface area contributed by atoms with Crippen LogP contribution in [-0.2, 0) is 0 Å². The summed E-state index contributed by atoms with van der Waals surface area (Å²) in [6.07, 6.45) is 0. The second-order valence-corrected chi connectivity index (χ2v) is 7.09. The summed E-state index contributed by atoms with van der Waals surface area (Å²) in [5.41, 5.74) is 2.27. The molecular weight excluding hydrogens is 364 g/mol. The average molecular weight is 388 g/mol. The van der Waals surface area contributed by atoms with E-state index in [1.54, 1.807) is 54.6 Å². The topological polar surface area (TPSA) is 67.4 Å². The Morgan fingerprint density at radius 3 is 2.00 bits per heavy atom. The van der Waals surface area contributed by atoms with Crippen LogP contribution in [0.2, 0.25) is 0 Å². The van der Waals surface area contributed by atoms with Crippen molar-refractivity contribution in [1.29, 1.82) is 0 Å². The molecule has 5 nitrogen and oxygen atoms in total. The highest BCUT2D eigenvalue weighted by Crippen LogP contribution is 2.19. The molecule has 0 radical (unpaired) electrons. The lowest BCUT2D eigenvalue weighted by atomic mass is 10.2. The van der Waals surface area contributed by atoms with Crippen molar-refractivity contribution in [2.75, 3.05) is 17.2 Å². The van der Waals surface area contributed by atoms with Gasteiger partial charge in [0.2, 0.25) is 0 Å². The van der Waals surface area contributed by atoms with Gasteiger partial charge in [0, 0.05) is 22.5 Å². The van der Waals surface area contributed by atoms with E-state index < -0.39 is 0 Å². The van der Waals surface area contributed by atoms with Crippen LogP contribution in [-0.4, -0.2) is 18.4 Å². The van der Waals surface area contributed by atoms with E-state index in [4.69, 9.17) is 4.74 Å². The van der Waals surface area contributed by atoms with Crippen LogP contribution in [0.5, 0.6) is 5.75 Å². The Morgan fingerprint density at radius 2 is 1.34 bits per heavy atom. The summed E-state index contributed by atoms with van der Waals surface area (Å²) >= 11 is 0. The normalized spacial score (nSPS) is 10.4. The highest BCUT2D eigenvalue weighted by molar-refractivity contribution is 6.06. The standard InChI is InChI=1S/C24H24N2O3/c1-17(2)16-29-22-13-6-10-19(14-22)24(28)26-21-12-7-11-20(15-21)25-23(27)18-8-4-3-5-9-18/h3-15,17H,16H2,1-2H3,(H,25,27)(H,26,28). The molecule has 2 N–H and O–H groups in total. The molecule has 29 heavy (non-hydrogen) atoms. The SMILES string of the molecule is CC(C)COc1cccc(C(=O)Nc2cccc(NC(=O)c3ccccc3)c2)c1. The molecule has 0 saturated carbocycles. The summed E-state index contributed by atoms with van der Waals surface area (Å²) in [6.45, 7) is 4.73. The maximum absolute atomic E-state index is 12.6. The monoisotopic (exact) mass is 388 g/mol. The van der Waals surface area contributed by atoms with Crippen molar-refractivity contribution in [1.82, 2.24) is 0 Å². The third kappa shape index (κ3) is 5.94. The number of hydrogen-bond acceptors (Lipinski definition) is 3. The lowest BCUT2D eigenvalue weighted by molar-refractivity contribution is 0.101. The Labute approximate surface area is 170 Å². The number of nitrogens with one attached hydrogen (secondary N) is 2. The van der Waals surface area contributed by atoms with Gasteiger partial charge in [0.15, 0.2) is 0 Å². The van der Waals surface area contributed by atoms with Gasteiger partial charge in [-0.25, -0.2) is 0 Å². The van der Waals surface area contributed by atoms with Crippen LogP contribution >= 0.6 is 0 Å². The van der Waals surface area contributed by atoms with Crippen molar-refractivity contribution in [3.63, 3.8) is 0 Å². The fourth-order valence-electron chi connectivity index (χ4n) is 2.66. The molecule has 5 heteroatoms. The van der Waals surface area contributed by atoms with E-state index in [1.165, 1.54) is 0 Å². The van der Waals surface area contributed by atoms with Crippen LogP contribution in [0.3, 0.4) is 0 Å². The zero-order valence-corrected chi connectivity index (χ0v) is 16.5. The second-order valence-electron chi connectivity index (χ2n) is 7.09. The van der Waals surface area contributed by atoms with Crippen LogP contribution in [0, 0.1) is 5.92 Å². The van der Waals surface area contributed by atoms with Gasteiger partial charge in [-0.3, -0.25) is 9.59 Å². The lowest BCUT2D eigenvalue weighted by Gasteiger charge is -2.11. The molecule has 0 atom stereocenters. The summed E-state index contributed by atoms with van der Waals surface area (Å²) < 4.78 is 5.69. The maximum atomic E-state index is 12.6. The van der Waals surface area contributed by atoms with Crippen LogP contribution in [0.15, 0.2) is 78.9 Å². The van der Waals surface area contributed by atoms with Gasteiger partial charge in [0.1, 0.15) is 5.75 Å². The molecule has 148 valence electrons. The number of carbonyl (C=O) groups is 2. The van der Waals surface area contributed by atoms with Gasteiger partial charge in [-0.05, 0) is 54.4 Å². The van der Waals surface area contributed by atoms with Crippen molar-refractivity contribution in [2.24, 2.45) is 5.92 Å². The fourth-order valence-corrected chi connectivity index (χ4v) is 2.66. The first-order chi connectivity index (χ1) is 14.0. The fraction of sp³-hybridized carbons (Fsp3) is 0.167. The van der Waals surface area contributed by atoms with Crippen LogP contribution < -0.4 is 15.4 Å². The summed E-state index contributed by atoms with van der Waals surface area (Å²) in [5.74, 6) is 0.618. The molecule has 3 aromatic rings. The van der Waals surface area contributed by atoms with Crippen molar-refractivity contribution in [2.45, 2.75) is 13.8 Å². The highest BCUT2D eigenvalue weighted by atomic mass is 16.5. The Hall–Kier alpha value is -3.60. The molecule has 0 fully saturated rings. The number of anilines is 2. The van der Waals surface area contributed by atoms with Crippen molar-refractivity contribution in [3.8, 4) is 5.75 Å². The molecule has 0 heterocycles. The Balaban J connectivity index is 1.66. The van der Waals surface area contributed by atoms with E-state index in [0.29, 0.717) is 40.8 Å². The highest BCUT2D eigenvalue weighted by Gasteiger charge is 2.10. The number of carbonyl (C=O) groups excluding carboxylic acids is 2. The number of hydrogen-bond donors (Lipinski definition) is 2. The van der Waals surface area contributed by atoms with Gasteiger partial charge in [-0.1, -0.05) is 44.2 Å². The first-order valence-corrected chi connectivity index (χ1v) is 9.52. The first-order valence-electron chi connectivity index (χ1n) is 9.52. The van der Waals surface area contributed by atoms with E-state index in [0.717, 1.165) is 0 Å². The molecule has 0 bridgehead atoms. The van der Waals surface area contributed by atoms with E-state index in [2.05, 4.69) is 24.5 Å². The largest absolute Gasteiger partial charge is 0.493 e. The smallest absolute Gasteiger partial charge is 0.255 e. The minimum Gasteiger partial charge on any atom is -0.493 e. The number of rotatable bonds is 7. The molecule has 0 spiro atoms. The van der Waals surface area contributed by atoms with E-state index in [-0.39, 0.29) is 11.8 Å². The molecule has 0 aliphatic carbocycles. The maximum Gasteiger partial charge on any atom is 0.255 e. The minimum atomic E-state index is -0.244. The molecule has 0 aliphatic rings. The zero-order valence-electron chi connectivity index (χ0n) is 16.5. The molecule has 0 saturated heterocycles. The number of amides is 2. The molecule has 0 aliphatic heterocycles. The summed E-state index contributed by atoms with van der Waals surface area (Å²) in [4.78, 5) is 24.9. The van der Waals surface area contributed by atoms with E-state index >= 15 is 0 Å². The lowest BCUT2D eigenvalue weighted by Crippen LogP contribution is -2.14. The van der Waals surface area contributed by atoms with Crippen LogP contribution in [0.25, 0.3) is 0 Å². The molecule has 3 rings (SSSR count). The molecule has 3 aromatic carbocycles. The van der Waals surface area contributed by atoms with Gasteiger partial charge in [0.25, 0.3) is 11.8 Å². The van der Waals surface area contributed by atoms with Gasteiger partial charge < -0.3 is 15.4 Å². The zero-order chi connectivity index (χ0) is 20.6. The third-order valence-corrected chi connectivity index (χ3v) is 4.09. The quantitative estimate of drug-likeness (QED) is 0.583. The van der Waals surface area contributed by atoms with E-state index in [1.807, 2.05) is 24.3 Å². The number of benzene rings is 3. The summed E-state index contributed by atoms with van der Waals surface area (Å²) in [7, 11) is 0. The molecule has 0 unspecified atom stereocenters. The Bertz CT molecular complexity index is 984. The first kappa shape index (κ1) is 20.1. The predicted molar refractivity (Wildman–Crippen MR) is 116 cm³/mol. The second kappa shape index (κ2) is 9.55. The Kier molecular flexibility index (Phi) is 6.63. The van der Waals surface area contributed by atoms with Gasteiger partial charge >= 0.3 is 0 Å². The molecule has 0 aromatic heterocycles. The Morgan fingerprint density at radius 1 is 0.759 bits per heavy atom. The van der Waals surface area contributed by atoms with Crippen molar-refractivity contribution < 1.29 is 14.3 Å². The predicted octanol–water partition coefficient (Wildman–Crippen LogP) is 5.23. The molecule has 2 amide bonds. The summed E-state index contributed by atoms with van der Waals surface area (Å²) in [6, 6.07) is 23.1.